The molecule has 0 saturated heterocycles. The van der Waals surface area contributed by atoms with Crippen molar-refractivity contribution in [3.05, 3.63) is 53.6 Å². The van der Waals surface area contributed by atoms with Gasteiger partial charge in [0.2, 0.25) is 0 Å². The molecule has 152 valence electrons. The highest BCUT2D eigenvalue weighted by Gasteiger charge is 2.12. The van der Waals surface area contributed by atoms with Crippen LogP contribution >= 0.6 is 24.0 Å². The molecule has 0 saturated carbocycles. The molecule has 0 spiro atoms. The molecule has 3 rings (SSSR count). The van der Waals surface area contributed by atoms with Crippen molar-refractivity contribution in [2.24, 2.45) is 12.0 Å². The number of hydrogen-bond acceptors (Lipinski definition) is 4. The standard InChI is InChI=1S/C20H28N6O.HI/c1-15-24-25-19(26(15)2)14-22-20(23-17-6-4-5-7-17)21-13-12-16-8-10-18(27-3)11-9-16;/h4-5,8-11,17H,6-7,12-14H2,1-3H3,(H2,21,22,23);1H. The summed E-state index contributed by atoms with van der Waals surface area (Å²) < 4.78 is 7.18. The number of hydrogen-bond donors (Lipinski definition) is 2. The van der Waals surface area contributed by atoms with Crippen LogP contribution in [0.15, 0.2) is 41.4 Å². The number of guanidine groups is 1. The van der Waals surface area contributed by atoms with E-state index < -0.39 is 0 Å². The van der Waals surface area contributed by atoms with Crippen molar-refractivity contribution in [3.8, 4) is 5.75 Å². The van der Waals surface area contributed by atoms with Crippen LogP contribution < -0.4 is 15.4 Å². The first-order valence-corrected chi connectivity index (χ1v) is 9.33. The van der Waals surface area contributed by atoms with Gasteiger partial charge in [0.1, 0.15) is 18.1 Å². The lowest BCUT2D eigenvalue weighted by atomic mass is 10.1. The summed E-state index contributed by atoms with van der Waals surface area (Å²) in [5.74, 6) is 3.44. The molecule has 8 heteroatoms. The Hall–Kier alpha value is -2.10. The quantitative estimate of drug-likeness (QED) is 0.267. The van der Waals surface area contributed by atoms with E-state index >= 15 is 0 Å². The second-order valence-electron chi connectivity index (χ2n) is 6.70. The zero-order valence-electron chi connectivity index (χ0n) is 16.7. The minimum Gasteiger partial charge on any atom is -0.497 e. The Balaban J connectivity index is 0.00000280. The third-order valence-corrected chi connectivity index (χ3v) is 4.78. The smallest absolute Gasteiger partial charge is 0.191 e. The van der Waals surface area contributed by atoms with Gasteiger partial charge in [-0.2, -0.15) is 0 Å². The number of halogens is 1. The van der Waals surface area contributed by atoms with Gasteiger partial charge in [-0.1, -0.05) is 24.3 Å². The number of nitrogens with one attached hydrogen (secondary N) is 2. The minimum atomic E-state index is 0. The second-order valence-corrected chi connectivity index (χ2v) is 6.70. The normalized spacial score (nSPS) is 14.0. The summed E-state index contributed by atoms with van der Waals surface area (Å²) in [7, 11) is 3.65. The molecule has 2 aromatic rings. The number of aliphatic imine (C=N–C) groups is 1. The first kappa shape index (κ1) is 22.2. The first-order chi connectivity index (χ1) is 13.2. The summed E-state index contributed by atoms with van der Waals surface area (Å²) in [5.41, 5.74) is 1.26. The molecule has 0 fully saturated rings. The Kier molecular flexibility index (Phi) is 8.75. The average molecular weight is 496 g/mol. The second kappa shape index (κ2) is 11.0. The van der Waals surface area contributed by atoms with Gasteiger partial charge in [-0.05, 0) is 43.9 Å². The van der Waals surface area contributed by atoms with Gasteiger partial charge in [-0.3, -0.25) is 0 Å². The van der Waals surface area contributed by atoms with E-state index in [0.29, 0.717) is 12.6 Å². The summed E-state index contributed by atoms with van der Waals surface area (Å²) in [6, 6.07) is 8.56. The van der Waals surface area contributed by atoms with Crippen molar-refractivity contribution in [2.45, 2.75) is 38.8 Å². The van der Waals surface area contributed by atoms with Crippen LogP contribution in [0.25, 0.3) is 0 Å². The van der Waals surface area contributed by atoms with Gasteiger partial charge in [-0.15, -0.1) is 34.2 Å². The van der Waals surface area contributed by atoms with E-state index in [0.717, 1.165) is 49.2 Å². The van der Waals surface area contributed by atoms with Crippen molar-refractivity contribution in [3.63, 3.8) is 0 Å². The summed E-state index contributed by atoms with van der Waals surface area (Å²) >= 11 is 0. The molecular formula is C20H29IN6O. The van der Waals surface area contributed by atoms with E-state index in [1.807, 2.05) is 30.7 Å². The van der Waals surface area contributed by atoms with Crippen molar-refractivity contribution in [1.29, 1.82) is 0 Å². The van der Waals surface area contributed by atoms with E-state index in [1.165, 1.54) is 5.56 Å². The SMILES string of the molecule is COc1ccc(CCNC(=NCc2nnc(C)n2C)NC2CC=CC2)cc1.I. The van der Waals surface area contributed by atoms with Gasteiger partial charge in [0, 0.05) is 19.6 Å². The van der Waals surface area contributed by atoms with Crippen LogP contribution in [0.4, 0.5) is 0 Å². The summed E-state index contributed by atoms with van der Waals surface area (Å²) in [4.78, 5) is 4.71. The molecule has 0 atom stereocenters. The van der Waals surface area contributed by atoms with Crippen LogP contribution in [-0.4, -0.2) is 40.4 Å². The van der Waals surface area contributed by atoms with Crippen LogP contribution in [-0.2, 0) is 20.0 Å². The summed E-state index contributed by atoms with van der Waals surface area (Å²) in [5, 5.41) is 15.2. The lowest BCUT2D eigenvalue weighted by Gasteiger charge is -2.17. The van der Waals surface area contributed by atoms with Gasteiger partial charge in [-0.25, -0.2) is 4.99 Å². The fourth-order valence-corrected chi connectivity index (χ4v) is 2.94. The number of nitrogens with zero attached hydrogens (tertiary/aromatic N) is 4. The highest BCUT2D eigenvalue weighted by molar-refractivity contribution is 14.0. The molecule has 2 N–H and O–H groups in total. The molecular weight excluding hydrogens is 467 g/mol. The lowest BCUT2D eigenvalue weighted by molar-refractivity contribution is 0.414. The Morgan fingerprint density at radius 3 is 2.54 bits per heavy atom. The van der Waals surface area contributed by atoms with E-state index in [9.17, 15) is 0 Å². The first-order valence-electron chi connectivity index (χ1n) is 9.33. The van der Waals surface area contributed by atoms with E-state index in [2.05, 4.69) is 45.1 Å². The monoisotopic (exact) mass is 496 g/mol. The topological polar surface area (TPSA) is 76.4 Å². The number of rotatable bonds is 7. The minimum absolute atomic E-state index is 0. The Bertz CT molecular complexity index is 792. The van der Waals surface area contributed by atoms with Gasteiger partial charge in [0.15, 0.2) is 11.8 Å². The molecule has 1 heterocycles. The largest absolute Gasteiger partial charge is 0.497 e. The maximum absolute atomic E-state index is 5.21. The predicted octanol–water partition coefficient (Wildman–Crippen LogP) is 2.75. The molecule has 0 amide bonds. The molecule has 1 aliphatic rings. The van der Waals surface area contributed by atoms with Gasteiger partial charge in [0.05, 0.1) is 7.11 Å². The molecule has 0 unspecified atom stereocenters. The van der Waals surface area contributed by atoms with Crippen molar-refractivity contribution >= 4 is 29.9 Å². The average Bonchev–Trinajstić information content (AvgIpc) is 3.31. The molecule has 28 heavy (non-hydrogen) atoms. The molecule has 1 aromatic heterocycles. The number of methoxy groups -OCH3 is 1. The van der Waals surface area contributed by atoms with Crippen LogP contribution in [0.2, 0.25) is 0 Å². The number of aryl methyl sites for hydroxylation is 1. The van der Waals surface area contributed by atoms with Crippen molar-refractivity contribution < 1.29 is 4.74 Å². The zero-order valence-corrected chi connectivity index (χ0v) is 19.0. The number of ether oxygens (including phenoxy) is 1. The van der Waals surface area contributed by atoms with E-state index in [1.54, 1.807) is 7.11 Å². The van der Waals surface area contributed by atoms with Crippen LogP contribution in [0, 0.1) is 6.92 Å². The van der Waals surface area contributed by atoms with Crippen LogP contribution in [0.3, 0.4) is 0 Å². The number of aromatic nitrogens is 3. The summed E-state index contributed by atoms with van der Waals surface area (Å²) in [6.45, 7) is 3.24. The van der Waals surface area contributed by atoms with Crippen LogP contribution in [0.5, 0.6) is 5.75 Å². The molecule has 0 radical (unpaired) electrons. The van der Waals surface area contributed by atoms with Gasteiger partial charge in [0.25, 0.3) is 0 Å². The molecule has 1 aliphatic carbocycles. The van der Waals surface area contributed by atoms with Gasteiger partial charge < -0.3 is 19.9 Å². The number of benzene rings is 1. The maximum atomic E-state index is 5.21. The third kappa shape index (κ3) is 6.22. The molecule has 0 bridgehead atoms. The fourth-order valence-electron chi connectivity index (χ4n) is 2.94. The maximum Gasteiger partial charge on any atom is 0.191 e. The van der Waals surface area contributed by atoms with Crippen molar-refractivity contribution in [1.82, 2.24) is 25.4 Å². The van der Waals surface area contributed by atoms with E-state index in [4.69, 9.17) is 9.73 Å². The van der Waals surface area contributed by atoms with Crippen LogP contribution in [0.1, 0.15) is 30.1 Å². The molecule has 0 aliphatic heterocycles. The highest BCUT2D eigenvalue weighted by atomic mass is 127. The zero-order chi connectivity index (χ0) is 19.1. The van der Waals surface area contributed by atoms with E-state index in [-0.39, 0.29) is 24.0 Å². The summed E-state index contributed by atoms with van der Waals surface area (Å²) in [6.07, 6.45) is 7.39. The highest BCUT2D eigenvalue weighted by Crippen LogP contribution is 2.12. The molecule has 7 nitrogen and oxygen atoms in total. The Morgan fingerprint density at radius 2 is 1.93 bits per heavy atom. The fraction of sp³-hybridized carbons (Fsp3) is 0.450. The Labute approximate surface area is 183 Å². The van der Waals surface area contributed by atoms with Crippen molar-refractivity contribution in [2.75, 3.05) is 13.7 Å². The Morgan fingerprint density at radius 1 is 1.21 bits per heavy atom. The van der Waals surface area contributed by atoms with Gasteiger partial charge >= 0.3 is 0 Å². The lowest BCUT2D eigenvalue weighted by Crippen LogP contribution is -2.43. The third-order valence-electron chi connectivity index (χ3n) is 4.78. The predicted molar refractivity (Wildman–Crippen MR) is 122 cm³/mol. The molecule has 1 aromatic carbocycles.